The molecule has 0 bridgehead atoms. The number of hydrogen-bond acceptors (Lipinski definition) is 5. The molecular weight excluding hydrogens is 346 g/mol. The molecule has 1 amide bonds. The maximum Gasteiger partial charge on any atom is 0.293 e. The molecule has 7 nitrogen and oxygen atoms in total. The number of carbonyl (C=O) groups excluding carboxylic acids is 1. The number of amides is 1. The first-order valence-corrected chi connectivity index (χ1v) is 8.97. The van der Waals surface area contributed by atoms with Crippen LogP contribution in [0.5, 0.6) is 5.75 Å². The second-order valence-corrected chi connectivity index (χ2v) is 6.81. The average Bonchev–Trinajstić information content (AvgIpc) is 2.67. The highest BCUT2D eigenvalue weighted by Gasteiger charge is 2.25. The van der Waals surface area contributed by atoms with Crippen molar-refractivity contribution in [3.63, 3.8) is 0 Å². The molecule has 0 spiro atoms. The fourth-order valence-corrected chi connectivity index (χ4v) is 3.43. The normalized spacial score (nSPS) is 16.7. The summed E-state index contributed by atoms with van der Waals surface area (Å²) >= 11 is 0. The highest BCUT2D eigenvalue weighted by atomic mass is 16.6. The number of ether oxygens (including phenoxy) is 1. The van der Waals surface area contributed by atoms with Gasteiger partial charge >= 0.3 is 0 Å². The zero-order valence-electron chi connectivity index (χ0n) is 15.5. The molecule has 1 atom stereocenters. The maximum atomic E-state index is 12.6. The Morgan fingerprint density at radius 1 is 1.30 bits per heavy atom. The summed E-state index contributed by atoms with van der Waals surface area (Å²) in [5.41, 5.74) is 1.28. The molecular formula is C20H23N3O4. The van der Waals surface area contributed by atoms with Crippen LogP contribution in [0.15, 0.2) is 42.5 Å². The van der Waals surface area contributed by atoms with Gasteiger partial charge in [-0.15, -0.1) is 0 Å². The van der Waals surface area contributed by atoms with Gasteiger partial charge in [0.2, 0.25) is 0 Å². The van der Waals surface area contributed by atoms with Gasteiger partial charge in [-0.2, -0.15) is 0 Å². The van der Waals surface area contributed by atoms with Crippen molar-refractivity contribution in [3.05, 3.63) is 58.1 Å². The summed E-state index contributed by atoms with van der Waals surface area (Å²) in [7, 11) is 1.52. The number of benzene rings is 2. The molecule has 2 aromatic rings. The number of carbonyl (C=O) groups is 1. The van der Waals surface area contributed by atoms with E-state index in [0.717, 1.165) is 25.9 Å². The van der Waals surface area contributed by atoms with Crippen molar-refractivity contribution in [1.82, 2.24) is 0 Å². The number of methoxy groups -OCH3 is 1. The smallest absolute Gasteiger partial charge is 0.293 e. The van der Waals surface area contributed by atoms with E-state index in [2.05, 4.69) is 12.2 Å². The van der Waals surface area contributed by atoms with Gasteiger partial charge in [-0.05, 0) is 43.0 Å². The van der Waals surface area contributed by atoms with E-state index < -0.39 is 10.8 Å². The van der Waals surface area contributed by atoms with Crippen LogP contribution in [-0.2, 0) is 0 Å². The first-order chi connectivity index (χ1) is 13.0. The number of para-hydroxylation sites is 2. The number of nitrogens with one attached hydrogen (secondary N) is 1. The van der Waals surface area contributed by atoms with Gasteiger partial charge in [-0.3, -0.25) is 14.9 Å². The molecule has 1 heterocycles. The Labute approximate surface area is 158 Å². The third kappa shape index (κ3) is 4.19. The van der Waals surface area contributed by atoms with Crippen LogP contribution in [0.25, 0.3) is 0 Å². The van der Waals surface area contributed by atoms with Gasteiger partial charge in [0.15, 0.2) is 0 Å². The molecule has 0 radical (unpaired) electrons. The number of hydrogen-bond donors (Lipinski definition) is 1. The zero-order valence-corrected chi connectivity index (χ0v) is 15.5. The first kappa shape index (κ1) is 18.7. The van der Waals surface area contributed by atoms with Crippen LogP contribution in [0.2, 0.25) is 0 Å². The number of anilines is 2. The van der Waals surface area contributed by atoms with Crippen LogP contribution in [0.4, 0.5) is 17.1 Å². The Bertz CT molecular complexity index is 853. The van der Waals surface area contributed by atoms with Crippen molar-refractivity contribution in [2.45, 2.75) is 19.8 Å². The Morgan fingerprint density at radius 3 is 2.78 bits per heavy atom. The molecule has 1 aliphatic heterocycles. The Hall–Kier alpha value is -3.09. The molecule has 1 fully saturated rings. The van der Waals surface area contributed by atoms with Gasteiger partial charge < -0.3 is 15.0 Å². The van der Waals surface area contributed by atoms with E-state index in [9.17, 15) is 14.9 Å². The minimum atomic E-state index is -0.422. The average molecular weight is 369 g/mol. The summed E-state index contributed by atoms with van der Waals surface area (Å²) in [4.78, 5) is 25.8. The Balaban J connectivity index is 1.87. The van der Waals surface area contributed by atoms with Crippen molar-refractivity contribution in [3.8, 4) is 5.75 Å². The SMILES string of the molecule is COc1ccccc1NC(=O)c1ccc(N2CCCC(C)C2)c([N+](=O)[O-])c1. The number of rotatable bonds is 5. The van der Waals surface area contributed by atoms with Gasteiger partial charge in [-0.1, -0.05) is 19.1 Å². The molecule has 1 aliphatic rings. The van der Waals surface area contributed by atoms with Gasteiger partial charge in [0.1, 0.15) is 11.4 Å². The van der Waals surface area contributed by atoms with Gasteiger partial charge in [0.05, 0.1) is 17.7 Å². The van der Waals surface area contributed by atoms with Crippen LogP contribution in [0.1, 0.15) is 30.1 Å². The highest BCUT2D eigenvalue weighted by molar-refractivity contribution is 6.05. The van der Waals surface area contributed by atoms with Crippen LogP contribution in [-0.4, -0.2) is 31.0 Å². The lowest BCUT2D eigenvalue weighted by molar-refractivity contribution is -0.384. The summed E-state index contributed by atoms with van der Waals surface area (Å²) in [6.07, 6.45) is 2.14. The van der Waals surface area contributed by atoms with Gasteiger partial charge in [0.25, 0.3) is 11.6 Å². The summed E-state index contributed by atoms with van der Waals surface area (Å²) in [6, 6.07) is 11.7. The standard InChI is InChI=1S/C20H23N3O4/c1-14-6-5-11-22(13-14)17-10-9-15(12-18(17)23(25)26)20(24)21-16-7-3-4-8-19(16)27-2/h3-4,7-10,12,14H,5-6,11,13H2,1-2H3,(H,21,24). The maximum absolute atomic E-state index is 12.6. The van der Waals surface area contributed by atoms with E-state index in [1.807, 2.05) is 4.90 Å². The third-order valence-corrected chi connectivity index (χ3v) is 4.79. The molecule has 142 valence electrons. The zero-order chi connectivity index (χ0) is 19.4. The topological polar surface area (TPSA) is 84.7 Å². The second kappa shape index (κ2) is 8.07. The monoisotopic (exact) mass is 369 g/mol. The number of nitrogens with zero attached hydrogens (tertiary/aromatic N) is 2. The van der Waals surface area contributed by atoms with E-state index in [1.54, 1.807) is 36.4 Å². The lowest BCUT2D eigenvalue weighted by Gasteiger charge is -2.32. The lowest BCUT2D eigenvalue weighted by atomic mass is 9.99. The van der Waals surface area contributed by atoms with Crippen LogP contribution in [0, 0.1) is 16.0 Å². The van der Waals surface area contributed by atoms with E-state index >= 15 is 0 Å². The van der Waals surface area contributed by atoms with Crippen LogP contribution in [0.3, 0.4) is 0 Å². The van der Waals surface area contributed by atoms with E-state index in [0.29, 0.717) is 23.0 Å². The summed E-state index contributed by atoms with van der Waals surface area (Å²) in [6.45, 7) is 3.72. The number of nitro groups is 1. The fraction of sp³-hybridized carbons (Fsp3) is 0.350. The van der Waals surface area contributed by atoms with Gasteiger partial charge in [-0.25, -0.2) is 0 Å². The van der Waals surface area contributed by atoms with E-state index in [1.165, 1.54) is 13.2 Å². The lowest BCUT2D eigenvalue weighted by Crippen LogP contribution is -2.34. The molecule has 0 aromatic heterocycles. The minimum Gasteiger partial charge on any atom is -0.495 e. The molecule has 0 saturated carbocycles. The summed E-state index contributed by atoms with van der Waals surface area (Å²) < 4.78 is 5.22. The molecule has 0 aliphatic carbocycles. The quantitative estimate of drug-likeness (QED) is 0.634. The molecule has 27 heavy (non-hydrogen) atoms. The summed E-state index contributed by atoms with van der Waals surface area (Å²) in [5, 5.41) is 14.4. The highest BCUT2D eigenvalue weighted by Crippen LogP contribution is 2.33. The predicted molar refractivity (Wildman–Crippen MR) is 105 cm³/mol. The second-order valence-electron chi connectivity index (χ2n) is 6.81. The molecule has 1 N–H and O–H groups in total. The molecule has 1 unspecified atom stereocenters. The van der Waals surface area contributed by atoms with E-state index in [4.69, 9.17) is 4.74 Å². The first-order valence-electron chi connectivity index (χ1n) is 8.97. The molecule has 1 saturated heterocycles. The largest absolute Gasteiger partial charge is 0.495 e. The van der Waals surface area contributed by atoms with Crippen molar-refractivity contribution in [2.24, 2.45) is 5.92 Å². The summed E-state index contributed by atoms with van der Waals surface area (Å²) in [5.74, 6) is 0.604. The van der Waals surface area contributed by atoms with Crippen LogP contribution >= 0.6 is 0 Å². The third-order valence-electron chi connectivity index (χ3n) is 4.79. The molecule has 7 heteroatoms. The van der Waals surface area contributed by atoms with Crippen molar-refractivity contribution >= 4 is 23.0 Å². The van der Waals surface area contributed by atoms with Crippen molar-refractivity contribution in [2.75, 3.05) is 30.4 Å². The van der Waals surface area contributed by atoms with Gasteiger partial charge in [0, 0.05) is 24.7 Å². The van der Waals surface area contributed by atoms with Crippen LogP contribution < -0.4 is 15.0 Å². The number of piperidine rings is 1. The minimum absolute atomic E-state index is 0.0447. The van der Waals surface area contributed by atoms with E-state index in [-0.39, 0.29) is 11.3 Å². The van der Waals surface area contributed by atoms with Crippen molar-refractivity contribution in [1.29, 1.82) is 0 Å². The number of nitro benzene ring substituents is 1. The fourth-order valence-electron chi connectivity index (χ4n) is 3.43. The Kier molecular flexibility index (Phi) is 5.59. The molecule has 3 rings (SSSR count). The van der Waals surface area contributed by atoms with Crippen molar-refractivity contribution < 1.29 is 14.5 Å². The predicted octanol–water partition coefficient (Wildman–Crippen LogP) is 4.09. The molecule has 2 aromatic carbocycles. The Morgan fingerprint density at radius 2 is 2.07 bits per heavy atom.